The van der Waals surface area contributed by atoms with Crippen LogP contribution in [0.5, 0.6) is 0 Å². The van der Waals surface area contributed by atoms with Crippen LogP contribution in [0.15, 0.2) is 67.0 Å². The maximum Gasteiger partial charge on any atom is 0.243 e. The highest BCUT2D eigenvalue weighted by molar-refractivity contribution is 6.29. The third kappa shape index (κ3) is 5.12. The molecular weight excluding hydrogens is 532 g/mol. The first-order chi connectivity index (χ1) is 18.8. The molecule has 0 unspecified atom stereocenters. The molecule has 4 heterocycles. The summed E-state index contributed by atoms with van der Waals surface area (Å²) in [5, 5.41) is 8.39. The molecule has 39 heavy (non-hydrogen) atoms. The number of hydrogen-bond donors (Lipinski definition) is 1. The summed E-state index contributed by atoms with van der Waals surface area (Å²) < 4.78 is 56.9. The standard InChI is InChI=1S/C28H21ClF4N6/c29-26-14-20(5-8-34-26)38-9-6-19(7-10-38)35-28-36-27-21(17-2-4-23(31)25(33)13-17)11-18(15-39(27)37-28)16-1-3-22(30)24(32)12-16/h1-5,8,11-15,19H,6-7,9-10H2,(H,35,37). The normalized spacial score (nSPS) is 14.2. The average Bonchev–Trinajstić information content (AvgIpc) is 3.34. The highest BCUT2D eigenvalue weighted by Gasteiger charge is 2.22. The van der Waals surface area contributed by atoms with Gasteiger partial charge in [-0.25, -0.2) is 27.1 Å². The number of nitrogens with zero attached hydrogens (tertiary/aromatic N) is 5. The summed E-state index contributed by atoms with van der Waals surface area (Å²) in [6, 6.07) is 12.6. The Morgan fingerprint density at radius 3 is 2.18 bits per heavy atom. The first kappa shape index (κ1) is 25.1. The van der Waals surface area contributed by atoms with Gasteiger partial charge in [-0.2, -0.15) is 4.98 Å². The minimum Gasteiger partial charge on any atom is -0.371 e. The van der Waals surface area contributed by atoms with Crippen LogP contribution in [0.4, 0.5) is 29.2 Å². The molecular formula is C28H21ClF4N6. The Kier molecular flexibility index (Phi) is 6.56. The molecule has 1 saturated heterocycles. The minimum atomic E-state index is -1.01. The fourth-order valence-electron chi connectivity index (χ4n) is 4.81. The molecule has 3 aromatic heterocycles. The van der Waals surface area contributed by atoms with E-state index in [-0.39, 0.29) is 6.04 Å². The second-order valence-corrected chi connectivity index (χ2v) is 9.73. The number of anilines is 2. The zero-order chi connectivity index (χ0) is 27.1. The van der Waals surface area contributed by atoms with Crippen molar-refractivity contribution in [2.75, 3.05) is 23.3 Å². The number of aromatic nitrogens is 4. The van der Waals surface area contributed by atoms with E-state index in [1.54, 1.807) is 18.5 Å². The minimum absolute atomic E-state index is 0.105. The van der Waals surface area contributed by atoms with Crippen LogP contribution in [0.1, 0.15) is 12.8 Å². The summed E-state index contributed by atoms with van der Waals surface area (Å²) in [5.41, 5.74) is 3.14. The Hall–Kier alpha value is -4.18. The van der Waals surface area contributed by atoms with Crippen molar-refractivity contribution in [1.82, 2.24) is 19.6 Å². The summed E-state index contributed by atoms with van der Waals surface area (Å²) in [7, 11) is 0. The molecule has 1 aliphatic heterocycles. The molecule has 5 aromatic rings. The fraction of sp³-hybridized carbons (Fsp3) is 0.179. The van der Waals surface area contributed by atoms with E-state index in [4.69, 9.17) is 11.6 Å². The van der Waals surface area contributed by atoms with Crippen molar-refractivity contribution in [2.24, 2.45) is 0 Å². The largest absolute Gasteiger partial charge is 0.371 e. The molecule has 0 aliphatic carbocycles. The zero-order valence-electron chi connectivity index (χ0n) is 20.4. The quantitative estimate of drug-likeness (QED) is 0.193. The van der Waals surface area contributed by atoms with Crippen molar-refractivity contribution in [3.05, 3.63) is 95.4 Å². The van der Waals surface area contributed by atoms with Gasteiger partial charge >= 0.3 is 0 Å². The number of fused-ring (bicyclic) bond motifs is 1. The molecule has 1 N–H and O–H groups in total. The first-order valence-corrected chi connectivity index (χ1v) is 12.7. The van der Waals surface area contributed by atoms with E-state index >= 15 is 0 Å². The number of rotatable bonds is 5. The topological polar surface area (TPSA) is 58.4 Å². The van der Waals surface area contributed by atoms with Crippen LogP contribution in [0.3, 0.4) is 0 Å². The van der Waals surface area contributed by atoms with Crippen molar-refractivity contribution in [3.8, 4) is 22.3 Å². The number of halogens is 5. The van der Waals surface area contributed by atoms with Gasteiger partial charge in [0.1, 0.15) is 5.15 Å². The highest BCUT2D eigenvalue weighted by Crippen LogP contribution is 2.32. The van der Waals surface area contributed by atoms with Gasteiger partial charge in [-0.15, -0.1) is 5.10 Å². The molecule has 1 aliphatic rings. The van der Waals surface area contributed by atoms with Gasteiger partial charge in [-0.05, 0) is 66.4 Å². The van der Waals surface area contributed by atoms with Crippen LogP contribution < -0.4 is 10.2 Å². The van der Waals surface area contributed by atoms with E-state index < -0.39 is 23.3 Å². The molecule has 6 nitrogen and oxygen atoms in total. The van der Waals surface area contributed by atoms with Crippen molar-refractivity contribution >= 4 is 28.9 Å². The smallest absolute Gasteiger partial charge is 0.243 e. The summed E-state index contributed by atoms with van der Waals surface area (Å²) in [4.78, 5) is 10.9. The van der Waals surface area contributed by atoms with Crippen molar-refractivity contribution in [1.29, 1.82) is 0 Å². The van der Waals surface area contributed by atoms with Crippen LogP contribution in [-0.2, 0) is 0 Å². The molecule has 0 spiro atoms. The average molecular weight is 553 g/mol. The molecule has 0 saturated carbocycles. The number of nitrogens with one attached hydrogen (secondary N) is 1. The molecule has 0 bridgehead atoms. The van der Waals surface area contributed by atoms with Crippen LogP contribution in [0.25, 0.3) is 27.9 Å². The lowest BCUT2D eigenvalue weighted by Crippen LogP contribution is -2.39. The van der Waals surface area contributed by atoms with Crippen LogP contribution in [0, 0.1) is 23.3 Å². The number of piperidine rings is 1. The third-order valence-electron chi connectivity index (χ3n) is 6.82. The monoisotopic (exact) mass is 552 g/mol. The summed E-state index contributed by atoms with van der Waals surface area (Å²) >= 11 is 6.03. The summed E-state index contributed by atoms with van der Waals surface area (Å²) in [6.45, 7) is 1.59. The van der Waals surface area contributed by atoms with Crippen LogP contribution in [0.2, 0.25) is 5.15 Å². The molecule has 2 aromatic carbocycles. The second kappa shape index (κ2) is 10.2. The maximum absolute atomic E-state index is 14.1. The molecule has 1 fully saturated rings. The van der Waals surface area contributed by atoms with E-state index in [9.17, 15) is 17.6 Å². The Balaban J connectivity index is 1.32. The molecule has 11 heteroatoms. The van der Waals surface area contributed by atoms with Gasteiger partial charge in [0.25, 0.3) is 0 Å². The predicted octanol–water partition coefficient (Wildman–Crippen LogP) is 6.75. The molecule has 0 atom stereocenters. The Bertz CT molecular complexity index is 1680. The second-order valence-electron chi connectivity index (χ2n) is 9.35. The molecule has 6 rings (SSSR count). The lowest BCUT2D eigenvalue weighted by Gasteiger charge is -2.33. The summed E-state index contributed by atoms with van der Waals surface area (Å²) in [6.07, 6.45) is 4.97. The lowest BCUT2D eigenvalue weighted by atomic mass is 10.0. The zero-order valence-corrected chi connectivity index (χ0v) is 21.1. The van der Waals surface area contributed by atoms with Gasteiger partial charge < -0.3 is 10.2 Å². The first-order valence-electron chi connectivity index (χ1n) is 12.3. The van der Waals surface area contributed by atoms with Gasteiger partial charge in [0.05, 0.1) is 0 Å². The van der Waals surface area contributed by atoms with Gasteiger partial charge in [0.2, 0.25) is 5.95 Å². The van der Waals surface area contributed by atoms with Crippen LogP contribution in [-0.4, -0.2) is 38.7 Å². The number of pyridine rings is 2. The van der Waals surface area contributed by atoms with E-state index in [2.05, 4.69) is 25.3 Å². The van der Waals surface area contributed by atoms with Gasteiger partial charge in [-0.1, -0.05) is 23.7 Å². The van der Waals surface area contributed by atoms with Crippen LogP contribution >= 0.6 is 11.6 Å². The highest BCUT2D eigenvalue weighted by atomic mass is 35.5. The predicted molar refractivity (Wildman–Crippen MR) is 142 cm³/mol. The molecule has 0 amide bonds. The number of hydrogen-bond acceptors (Lipinski definition) is 5. The Morgan fingerprint density at radius 2 is 1.49 bits per heavy atom. The van der Waals surface area contributed by atoms with Crippen molar-refractivity contribution in [2.45, 2.75) is 18.9 Å². The lowest BCUT2D eigenvalue weighted by molar-refractivity contribution is 0.509. The SMILES string of the molecule is Fc1ccc(-c2cc(-c3ccc(F)c(F)c3)c3nc(NC4CCN(c5ccnc(Cl)c5)CC4)nn3c2)cc1F. The van der Waals surface area contributed by atoms with Gasteiger partial charge in [0, 0.05) is 48.3 Å². The summed E-state index contributed by atoms with van der Waals surface area (Å²) in [5.74, 6) is -3.58. The molecule has 198 valence electrons. The fourth-order valence-corrected chi connectivity index (χ4v) is 4.98. The van der Waals surface area contributed by atoms with E-state index in [0.717, 1.165) is 55.9 Å². The van der Waals surface area contributed by atoms with Crippen molar-refractivity contribution in [3.63, 3.8) is 0 Å². The maximum atomic E-state index is 14.1. The Morgan fingerprint density at radius 1 is 0.795 bits per heavy atom. The van der Waals surface area contributed by atoms with Gasteiger partial charge in [0.15, 0.2) is 28.9 Å². The Labute approximate surface area is 225 Å². The van der Waals surface area contributed by atoms with E-state index in [1.807, 2.05) is 12.1 Å². The van der Waals surface area contributed by atoms with E-state index in [0.29, 0.717) is 39.0 Å². The number of benzene rings is 2. The molecule has 0 radical (unpaired) electrons. The van der Waals surface area contributed by atoms with Gasteiger partial charge in [-0.3, -0.25) is 0 Å². The van der Waals surface area contributed by atoms with E-state index in [1.165, 1.54) is 16.6 Å². The third-order valence-corrected chi connectivity index (χ3v) is 7.03. The van der Waals surface area contributed by atoms with Crippen molar-refractivity contribution < 1.29 is 17.6 Å².